The molecule has 162 valence electrons. The van der Waals surface area contributed by atoms with Gasteiger partial charge in [0.25, 0.3) is 5.91 Å². The van der Waals surface area contributed by atoms with E-state index in [2.05, 4.69) is 15.4 Å². The first-order chi connectivity index (χ1) is 16.1. The number of anilines is 1. The Morgan fingerprint density at radius 3 is 2.64 bits per heavy atom. The van der Waals surface area contributed by atoms with Crippen molar-refractivity contribution in [1.29, 1.82) is 0 Å². The molecule has 0 bridgehead atoms. The van der Waals surface area contributed by atoms with E-state index >= 15 is 0 Å². The Balaban J connectivity index is 1.63. The zero-order valence-electron chi connectivity index (χ0n) is 17.3. The lowest BCUT2D eigenvalue weighted by Gasteiger charge is -2.11. The fourth-order valence-electron chi connectivity index (χ4n) is 3.57. The molecule has 0 aliphatic carbocycles. The molecule has 7 nitrogen and oxygen atoms in total. The van der Waals surface area contributed by atoms with Crippen molar-refractivity contribution in [3.05, 3.63) is 101 Å². The van der Waals surface area contributed by atoms with E-state index in [9.17, 15) is 9.90 Å². The van der Waals surface area contributed by atoms with Crippen LogP contribution >= 0.6 is 11.6 Å². The third-order valence-corrected chi connectivity index (χ3v) is 5.61. The minimum atomic E-state index is -0.383. The van der Waals surface area contributed by atoms with Crippen molar-refractivity contribution < 1.29 is 9.90 Å². The third-order valence-electron chi connectivity index (χ3n) is 5.24. The van der Waals surface area contributed by atoms with E-state index in [1.54, 1.807) is 47.5 Å². The van der Waals surface area contributed by atoms with Gasteiger partial charge in [-0.2, -0.15) is 5.10 Å². The molecule has 0 saturated heterocycles. The van der Waals surface area contributed by atoms with Crippen molar-refractivity contribution in [2.24, 2.45) is 0 Å². The van der Waals surface area contributed by atoms with Gasteiger partial charge in [0.05, 0.1) is 35.1 Å². The zero-order valence-corrected chi connectivity index (χ0v) is 18.1. The van der Waals surface area contributed by atoms with E-state index in [-0.39, 0.29) is 11.7 Å². The van der Waals surface area contributed by atoms with Crippen LogP contribution in [0.5, 0.6) is 5.75 Å². The fraction of sp³-hybridized carbons (Fsp3) is 0.0400. The predicted octanol–water partition coefficient (Wildman–Crippen LogP) is 5.15. The van der Waals surface area contributed by atoms with Crippen LogP contribution in [0.25, 0.3) is 22.3 Å². The molecule has 5 aromatic rings. The summed E-state index contributed by atoms with van der Waals surface area (Å²) >= 11 is 6.35. The van der Waals surface area contributed by atoms with Gasteiger partial charge in [0.1, 0.15) is 5.75 Å². The number of benzene rings is 2. The summed E-state index contributed by atoms with van der Waals surface area (Å²) in [5.74, 6) is -0.399. The molecule has 2 N–H and O–H groups in total. The average Bonchev–Trinajstić information content (AvgIpc) is 3.24. The maximum Gasteiger partial charge on any atom is 0.256 e. The Morgan fingerprint density at radius 1 is 1.03 bits per heavy atom. The first kappa shape index (κ1) is 20.7. The Labute approximate surface area is 194 Å². The van der Waals surface area contributed by atoms with Gasteiger partial charge in [-0.3, -0.25) is 9.78 Å². The molecule has 5 rings (SSSR count). The van der Waals surface area contributed by atoms with Crippen LogP contribution in [0.15, 0.2) is 85.3 Å². The number of fused-ring (bicyclic) bond motifs is 1. The van der Waals surface area contributed by atoms with Gasteiger partial charge in [-0.25, -0.2) is 9.67 Å². The Hall–Kier alpha value is -4.23. The maximum absolute atomic E-state index is 13.3. The summed E-state index contributed by atoms with van der Waals surface area (Å²) < 4.78 is 1.72. The number of phenolic OH excluding ortho intramolecular Hbond substituents is 1. The van der Waals surface area contributed by atoms with Crippen LogP contribution in [-0.4, -0.2) is 30.8 Å². The molecule has 0 unspecified atom stereocenters. The van der Waals surface area contributed by atoms with Gasteiger partial charge in [0.15, 0.2) is 5.65 Å². The van der Waals surface area contributed by atoms with E-state index in [1.165, 1.54) is 6.07 Å². The lowest BCUT2D eigenvalue weighted by atomic mass is 10.1. The van der Waals surface area contributed by atoms with Crippen LogP contribution in [0, 0.1) is 0 Å². The number of nitrogens with zero attached hydrogens (tertiary/aromatic N) is 4. The summed E-state index contributed by atoms with van der Waals surface area (Å²) in [6.45, 7) is 0.396. The quantitative estimate of drug-likeness (QED) is 0.357. The van der Waals surface area contributed by atoms with Crippen molar-refractivity contribution in [2.75, 3.05) is 5.32 Å². The van der Waals surface area contributed by atoms with Crippen LogP contribution in [0.1, 0.15) is 15.9 Å². The van der Waals surface area contributed by atoms with Gasteiger partial charge in [-0.05, 0) is 42.0 Å². The topological polar surface area (TPSA) is 92.9 Å². The van der Waals surface area contributed by atoms with Crippen molar-refractivity contribution in [3.63, 3.8) is 0 Å². The number of carbonyl (C=O) groups is 1. The highest BCUT2D eigenvalue weighted by Crippen LogP contribution is 2.28. The highest BCUT2D eigenvalue weighted by Gasteiger charge is 2.19. The molecule has 3 aromatic heterocycles. The van der Waals surface area contributed by atoms with E-state index in [4.69, 9.17) is 16.6 Å². The molecule has 0 aliphatic rings. The van der Waals surface area contributed by atoms with Crippen molar-refractivity contribution >= 4 is 34.2 Å². The summed E-state index contributed by atoms with van der Waals surface area (Å²) in [7, 11) is 0. The molecule has 0 radical (unpaired) electrons. The lowest BCUT2D eigenvalue weighted by molar-refractivity contribution is 0.102. The van der Waals surface area contributed by atoms with Gasteiger partial charge in [-0.1, -0.05) is 41.9 Å². The van der Waals surface area contributed by atoms with Gasteiger partial charge < -0.3 is 10.4 Å². The number of halogens is 1. The van der Waals surface area contributed by atoms with Gasteiger partial charge in [-0.15, -0.1) is 0 Å². The normalized spacial score (nSPS) is 10.9. The first-order valence-corrected chi connectivity index (χ1v) is 10.6. The molecule has 8 heteroatoms. The van der Waals surface area contributed by atoms with Crippen LogP contribution in [-0.2, 0) is 6.54 Å². The van der Waals surface area contributed by atoms with Crippen LogP contribution in [0.4, 0.5) is 5.69 Å². The number of aromatic hydroxyl groups is 1. The number of aromatic nitrogens is 4. The minimum Gasteiger partial charge on any atom is -0.506 e. The second kappa shape index (κ2) is 8.72. The van der Waals surface area contributed by atoms with E-state index in [0.29, 0.717) is 39.5 Å². The Kier molecular flexibility index (Phi) is 5.46. The van der Waals surface area contributed by atoms with Gasteiger partial charge in [0.2, 0.25) is 0 Å². The second-order valence-corrected chi connectivity index (χ2v) is 7.81. The van der Waals surface area contributed by atoms with Crippen molar-refractivity contribution in [2.45, 2.75) is 6.54 Å². The summed E-state index contributed by atoms with van der Waals surface area (Å²) in [4.78, 5) is 22.2. The molecular formula is C25H18ClN5O2. The number of rotatable bonds is 5. The highest BCUT2D eigenvalue weighted by atomic mass is 35.5. The lowest BCUT2D eigenvalue weighted by Crippen LogP contribution is -2.13. The zero-order chi connectivity index (χ0) is 22.8. The number of carbonyl (C=O) groups excluding carboxylic acids is 1. The summed E-state index contributed by atoms with van der Waals surface area (Å²) in [6, 6.07) is 19.5. The molecule has 2 aromatic carbocycles. The summed E-state index contributed by atoms with van der Waals surface area (Å²) in [5, 5.41) is 18.6. The van der Waals surface area contributed by atoms with Crippen LogP contribution < -0.4 is 5.32 Å². The maximum atomic E-state index is 13.3. The molecule has 0 aliphatic heterocycles. The smallest absolute Gasteiger partial charge is 0.256 e. The van der Waals surface area contributed by atoms with E-state index < -0.39 is 0 Å². The second-order valence-electron chi connectivity index (χ2n) is 7.40. The Bertz CT molecular complexity index is 1470. The summed E-state index contributed by atoms with van der Waals surface area (Å²) in [5.41, 5.74) is 3.48. The molecule has 0 fully saturated rings. The van der Waals surface area contributed by atoms with Crippen LogP contribution in [0.3, 0.4) is 0 Å². The Morgan fingerprint density at radius 2 is 1.85 bits per heavy atom. The van der Waals surface area contributed by atoms with Crippen molar-refractivity contribution in [3.8, 4) is 17.0 Å². The van der Waals surface area contributed by atoms with E-state index in [1.807, 2.05) is 36.4 Å². The summed E-state index contributed by atoms with van der Waals surface area (Å²) in [6.07, 6.45) is 4.98. The SMILES string of the molecule is O=C(Nc1ccccc1O)c1cc(-c2cccnc2)nc2c1cnn2Cc1ccccc1Cl. The molecule has 3 heterocycles. The van der Waals surface area contributed by atoms with Crippen molar-refractivity contribution in [1.82, 2.24) is 19.7 Å². The number of pyridine rings is 2. The highest BCUT2D eigenvalue weighted by molar-refractivity contribution is 6.31. The predicted molar refractivity (Wildman–Crippen MR) is 127 cm³/mol. The fourth-order valence-corrected chi connectivity index (χ4v) is 3.77. The standard InChI is InChI=1S/C25H18ClN5O2/c26-20-8-2-1-6-17(20)15-31-24-19(14-28-31)18(12-22(29-24)16-7-5-11-27-13-16)25(33)30-21-9-3-4-10-23(21)32/h1-14,32H,15H2,(H,30,33). The number of hydrogen-bond donors (Lipinski definition) is 2. The molecular weight excluding hydrogens is 438 g/mol. The molecule has 33 heavy (non-hydrogen) atoms. The number of amides is 1. The van der Waals surface area contributed by atoms with Gasteiger partial charge >= 0.3 is 0 Å². The first-order valence-electron chi connectivity index (χ1n) is 10.2. The average molecular weight is 456 g/mol. The molecule has 1 amide bonds. The molecule has 0 atom stereocenters. The number of hydrogen-bond acceptors (Lipinski definition) is 5. The number of para-hydroxylation sites is 2. The van der Waals surface area contributed by atoms with Crippen LogP contribution in [0.2, 0.25) is 5.02 Å². The largest absolute Gasteiger partial charge is 0.506 e. The molecule has 0 saturated carbocycles. The van der Waals surface area contributed by atoms with E-state index in [0.717, 1.165) is 11.1 Å². The van der Waals surface area contributed by atoms with Gasteiger partial charge in [0, 0.05) is 23.0 Å². The monoisotopic (exact) mass is 455 g/mol. The molecule has 0 spiro atoms. The third kappa shape index (κ3) is 4.14. The number of phenols is 1. The number of nitrogens with one attached hydrogen (secondary N) is 1. The minimum absolute atomic E-state index is 0.0157.